The molecule has 0 unspecified atom stereocenters. The zero-order valence-corrected chi connectivity index (χ0v) is 22.8. The van der Waals surface area contributed by atoms with Crippen LogP contribution in [0.4, 0.5) is 4.39 Å². The summed E-state index contributed by atoms with van der Waals surface area (Å²) in [7, 11) is 1.53. The molecule has 0 spiro atoms. The van der Waals surface area contributed by atoms with E-state index in [1.54, 1.807) is 54.8 Å². The van der Waals surface area contributed by atoms with Crippen LogP contribution in [-0.2, 0) is 13.0 Å². The van der Waals surface area contributed by atoms with Crippen LogP contribution < -0.4 is 15.0 Å². The number of methoxy groups -OCH3 is 1. The Balaban J connectivity index is 1.43. The zero-order chi connectivity index (χ0) is 29.1. The van der Waals surface area contributed by atoms with Gasteiger partial charge in [0, 0.05) is 16.5 Å². The molecular weight excluding hydrogens is 533 g/mol. The number of halogens is 1. The van der Waals surface area contributed by atoms with E-state index in [0.29, 0.717) is 51.3 Å². The van der Waals surface area contributed by atoms with Gasteiger partial charge in [-0.05, 0) is 54.4 Å². The summed E-state index contributed by atoms with van der Waals surface area (Å²) in [4.78, 5) is 18.4. The Morgan fingerprint density at radius 1 is 1.00 bits per heavy atom. The minimum absolute atomic E-state index is 0.0274. The van der Waals surface area contributed by atoms with Gasteiger partial charge >= 0.3 is 0 Å². The van der Waals surface area contributed by atoms with E-state index in [1.807, 2.05) is 42.5 Å². The van der Waals surface area contributed by atoms with E-state index in [4.69, 9.17) is 18.9 Å². The van der Waals surface area contributed by atoms with Crippen molar-refractivity contribution < 1.29 is 18.3 Å². The number of para-hydroxylation sites is 2. The largest absolute Gasteiger partial charge is 0.493 e. The summed E-state index contributed by atoms with van der Waals surface area (Å²) in [6.07, 6.45) is 3.76. The summed E-state index contributed by atoms with van der Waals surface area (Å²) in [5.41, 5.74) is 2.72. The number of allylic oxidation sites excluding steroid dienone is 1. The van der Waals surface area contributed by atoms with Crippen LogP contribution in [0, 0.1) is 5.82 Å². The highest BCUT2D eigenvalue weighted by molar-refractivity contribution is 5.85. The van der Waals surface area contributed by atoms with E-state index in [1.165, 1.54) is 17.9 Å². The minimum atomic E-state index is -0.347. The van der Waals surface area contributed by atoms with Gasteiger partial charge in [-0.2, -0.15) is 9.78 Å². The molecule has 0 N–H and O–H groups in total. The van der Waals surface area contributed by atoms with Crippen LogP contribution in [0.1, 0.15) is 16.7 Å². The molecule has 0 atom stereocenters. The Hall–Kier alpha value is -5.50. The van der Waals surface area contributed by atoms with Crippen LogP contribution in [0.2, 0.25) is 0 Å². The van der Waals surface area contributed by atoms with Gasteiger partial charge in [0.15, 0.2) is 17.3 Å². The molecule has 0 aliphatic rings. The fourth-order valence-electron chi connectivity index (χ4n) is 4.75. The number of aromatic nitrogens is 2. The summed E-state index contributed by atoms with van der Waals surface area (Å²) in [6.45, 7) is 3.89. The van der Waals surface area contributed by atoms with Gasteiger partial charge in [0.2, 0.25) is 5.82 Å². The molecule has 0 saturated heterocycles. The van der Waals surface area contributed by atoms with Crippen LogP contribution in [0.3, 0.4) is 0 Å². The fraction of sp³-hybridized carbons (Fsp3) is 0.0882. The second-order valence-corrected chi connectivity index (χ2v) is 9.55. The first-order valence-corrected chi connectivity index (χ1v) is 13.3. The lowest BCUT2D eigenvalue weighted by Crippen LogP contribution is -2.20. The Morgan fingerprint density at radius 2 is 1.79 bits per heavy atom. The van der Waals surface area contributed by atoms with E-state index in [0.717, 1.165) is 10.9 Å². The molecule has 0 amide bonds. The lowest BCUT2D eigenvalue weighted by molar-refractivity contribution is 0.277. The highest BCUT2D eigenvalue weighted by Crippen LogP contribution is 2.34. The molecule has 0 bridgehead atoms. The number of hydrogen-bond donors (Lipinski definition) is 0. The smallest absolute Gasteiger partial charge is 0.282 e. The topological polar surface area (TPSA) is 78.9 Å². The van der Waals surface area contributed by atoms with Crippen LogP contribution in [0.25, 0.3) is 33.5 Å². The van der Waals surface area contributed by atoms with Crippen LogP contribution in [-0.4, -0.2) is 23.0 Å². The molecule has 7 nitrogen and oxygen atoms in total. The van der Waals surface area contributed by atoms with Crippen molar-refractivity contribution in [2.24, 2.45) is 5.10 Å². The van der Waals surface area contributed by atoms with Gasteiger partial charge < -0.3 is 13.9 Å². The van der Waals surface area contributed by atoms with Gasteiger partial charge in [-0.25, -0.2) is 9.37 Å². The van der Waals surface area contributed by atoms with Crippen molar-refractivity contribution in [3.8, 4) is 23.1 Å². The zero-order valence-electron chi connectivity index (χ0n) is 22.8. The highest BCUT2D eigenvalue weighted by Gasteiger charge is 2.17. The molecule has 0 radical (unpaired) electrons. The van der Waals surface area contributed by atoms with E-state index in [-0.39, 0.29) is 23.8 Å². The third kappa shape index (κ3) is 5.17. The molecule has 0 aliphatic heterocycles. The van der Waals surface area contributed by atoms with E-state index in [2.05, 4.69) is 11.7 Å². The normalized spacial score (nSPS) is 11.4. The molecule has 8 heteroatoms. The molecule has 6 rings (SSSR count). The van der Waals surface area contributed by atoms with Gasteiger partial charge in [0.1, 0.15) is 18.0 Å². The Kier molecular flexibility index (Phi) is 7.34. The molecule has 0 fully saturated rings. The average Bonchev–Trinajstić information content (AvgIpc) is 3.45. The molecule has 2 heterocycles. The van der Waals surface area contributed by atoms with E-state index in [9.17, 15) is 9.18 Å². The van der Waals surface area contributed by atoms with Crippen LogP contribution >= 0.6 is 0 Å². The monoisotopic (exact) mass is 559 g/mol. The first-order chi connectivity index (χ1) is 20.6. The first-order valence-electron chi connectivity index (χ1n) is 13.3. The molecular formula is C34H26FN3O4. The quantitative estimate of drug-likeness (QED) is 0.139. The van der Waals surface area contributed by atoms with Crippen molar-refractivity contribution in [1.82, 2.24) is 9.66 Å². The van der Waals surface area contributed by atoms with Gasteiger partial charge in [0.25, 0.3) is 5.56 Å². The molecule has 0 aliphatic carbocycles. The van der Waals surface area contributed by atoms with Gasteiger partial charge in [0.05, 0.1) is 24.2 Å². The van der Waals surface area contributed by atoms with Crippen molar-refractivity contribution in [2.45, 2.75) is 13.0 Å². The molecule has 42 heavy (non-hydrogen) atoms. The summed E-state index contributed by atoms with van der Waals surface area (Å²) in [5, 5.41) is 5.88. The van der Waals surface area contributed by atoms with Gasteiger partial charge in [-0.3, -0.25) is 4.79 Å². The number of furan rings is 1. The number of rotatable bonds is 9. The fourth-order valence-corrected chi connectivity index (χ4v) is 4.75. The van der Waals surface area contributed by atoms with Gasteiger partial charge in [-0.15, -0.1) is 6.58 Å². The summed E-state index contributed by atoms with van der Waals surface area (Å²) < 4.78 is 33.2. The molecule has 4 aromatic carbocycles. The Bertz CT molecular complexity index is 1990. The first kappa shape index (κ1) is 26.7. The van der Waals surface area contributed by atoms with Crippen molar-refractivity contribution >= 4 is 28.1 Å². The van der Waals surface area contributed by atoms with E-state index < -0.39 is 0 Å². The molecule has 208 valence electrons. The number of hydrogen-bond acceptors (Lipinski definition) is 6. The number of ether oxygens (including phenoxy) is 2. The predicted molar refractivity (Wildman–Crippen MR) is 162 cm³/mol. The second-order valence-electron chi connectivity index (χ2n) is 9.55. The van der Waals surface area contributed by atoms with Crippen LogP contribution in [0.5, 0.6) is 11.5 Å². The average molecular weight is 560 g/mol. The number of benzene rings is 4. The van der Waals surface area contributed by atoms with Gasteiger partial charge in [-0.1, -0.05) is 54.6 Å². The summed E-state index contributed by atoms with van der Waals surface area (Å²) in [5.74, 6) is 1.26. The molecule has 0 saturated carbocycles. The van der Waals surface area contributed by atoms with Crippen molar-refractivity contribution in [2.75, 3.05) is 7.11 Å². The molecule has 6 aromatic rings. The van der Waals surface area contributed by atoms with Crippen LogP contribution in [0.15, 0.2) is 118 Å². The maximum Gasteiger partial charge on any atom is 0.282 e. The Labute approximate surface area is 240 Å². The van der Waals surface area contributed by atoms with Crippen molar-refractivity contribution in [3.63, 3.8) is 0 Å². The Morgan fingerprint density at radius 3 is 2.60 bits per heavy atom. The molecule has 2 aromatic heterocycles. The summed E-state index contributed by atoms with van der Waals surface area (Å²) >= 11 is 0. The standard InChI is InChI=1S/C34H26FN3O4/c1-3-10-24-17-22(18-30(40-2)32(24)41-21-25-12-4-7-14-27(25)35)20-36-38-33(31-19-23-11-5-9-16-29(23)42-31)37-28-15-8-6-13-26(28)34(38)39/h3-9,11-20H,1,10,21H2,2H3. The second kappa shape index (κ2) is 11.5. The minimum Gasteiger partial charge on any atom is -0.493 e. The third-order valence-electron chi connectivity index (χ3n) is 6.79. The third-order valence-corrected chi connectivity index (χ3v) is 6.79. The SMILES string of the molecule is C=CCc1cc(C=Nn2c(-c3cc4ccccc4o3)nc3ccccc3c2=O)cc(OC)c1OCc1ccccc1F. The number of fused-ring (bicyclic) bond motifs is 2. The van der Waals surface area contributed by atoms with E-state index >= 15 is 0 Å². The predicted octanol–water partition coefficient (Wildman–Crippen LogP) is 7.15. The maximum absolute atomic E-state index is 14.2. The lowest BCUT2D eigenvalue weighted by Gasteiger charge is -2.16. The lowest BCUT2D eigenvalue weighted by atomic mass is 10.1. The van der Waals surface area contributed by atoms with Crippen molar-refractivity contribution in [1.29, 1.82) is 0 Å². The highest BCUT2D eigenvalue weighted by atomic mass is 19.1. The summed E-state index contributed by atoms with van der Waals surface area (Å²) in [6, 6.07) is 26.6. The number of nitrogens with zero attached hydrogens (tertiary/aromatic N) is 3. The van der Waals surface area contributed by atoms with Crippen molar-refractivity contribution in [3.05, 3.63) is 137 Å². The maximum atomic E-state index is 14.2.